The second-order valence-corrected chi connectivity index (χ2v) is 17.1. The van der Waals surface area contributed by atoms with Gasteiger partial charge in [-0.1, -0.05) is 83.7 Å². The number of halogens is 3. The Balaban J connectivity index is -0.00000108. The third-order valence-electron chi connectivity index (χ3n) is 8.57. The number of alkyl halides is 3. The highest BCUT2D eigenvalue weighted by Gasteiger charge is 2.29. The number of aliphatic hydroxyl groups is 1. The number of nitrogens with one attached hydrogen (secondary N) is 3. The van der Waals surface area contributed by atoms with Gasteiger partial charge in [0.1, 0.15) is 18.1 Å². The number of allylic oxidation sites excluding steroid dienone is 10. The molecule has 16 heteroatoms. The van der Waals surface area contributed by atoms with E-state index in [1.807, 2.05) is 26.8 Å². The minimum atomic E-state index is -4.44. The van der Waals surface area contributed by atoms with E-state index >= 15 is 0 Å². The van der Waals surface area contributed by atoms with Gasteiger partial charge in [-0.2, -0.15) is 36.7 Å². The first-order chi connectivity index (χ1) is 29.1. The number of hydrogen-bond donors (Lipinski definition) is 6. The average molecular weight is 920 g/mol. The molecule has 0 rings (SSSR count). The van der Waals surface area contributed by atoms with Crippen molar-refractivity contribution in [3.8, 4) is 0 Å². The summed E-state index contributed by atoms with van der Waals surface area (Å²) < 4.78 is 36.4. The lowest BCUT2D eigenvalue weighted by atomic mass is 10.1. The van der Waals surface area contributed by atoms with Crippen LogP contribution < -0.4 is 16.0 Å². The molecule has 11 nitrogen and oxygen atoms in total. The van der Waals surface area contributed by atoms with Gasteiger partial charge in [-0.15, -0.1) is 0 Å². The summed E-state index contributed by atoms with van der Waals surface area (Å²) in [5.41, 5.74) is 7.85. The monoisotopic (exact) mass is 920 g/mol. The van der Waals surface area contributed by atoms with Crippen LogP contribution in [0.1, 0.15) is 133 Å². The zero-order chi connectivity index (χ0) is 48.1. The van der Waals surface area contributed by atoms with Crippen LogP contribution in [0.5, 0.6) is 0 Å². The number of aliphatic carboxylic acids is 2. The molecule has 0 spiro atoms. The SMILES string of the molecule is CC.CC(C)=CCC/C(C)=C/CC/C(C)=C/CSCC(NC(=O)C(CO)NC=O)C(=O)O.CC(C)=CCC/C(C)=C/CC/C(C)=C/CSCC(NC(=O)CCC(F)(F)F)C(=O)O. The fourth-order valence-electron chi connectivity index (χ4n) is 4.89. The van der Waals surface area contributed by atoms with E-state index < -0.39 is 67.5 Å². The molecule has 0 bridgehead atoms. The van der Waals surface area contributed by atoms with Gasteiger partial charge in [-0.25, -0.2) is 9.59 Å². The Morgan fingerprint density at radius 2 is 0.952 bits per heavy atom. The molecule has 0 aromatic carbocycles. The second kappa shape index (κ2) is 38.9. The predicted octanol–water partition coefficient (Wildman–Crippen LogP) is 9.89. The molecule has 0 saturated carbocycles. The number of rotatable bonds is 30. The zero-order valence-corrected chi connectivity index (χ0v) is 40.3. The summed E-state index contributed by atoms with van der Waals surface area (Å²) in [6, 6.07) is -3.45. The Hall–Kier alpha value is -3.76. The minimum Gasteiger partial charge on any atom is -0.480 e. The maximum atomic E-state index is 12.1. The van der Waals surface area contributed by atoms with Crippen molar-refractivity contribution in [3.63, 3.8) is 0 Å². The Morgan fingerprint density at radius 1 is 0.581 bits per heavy atom. The molecule has 0 heterocycles. The summed E-state index contributed by atoms with van der Waals surface area (Å²) in [6.45, 7) is 20.1. The van der Waals surface area contributed by atoms with Gasteiger partial charge in [0.05, 0.1) is 13.0 Å². The number of carboxylic acids is 2. The van der Waals surface area contributed by atoms with Crippen LogP contribution in [0.15, 0.2) is 69.9 Å². The minimum absolute atomic E-state index is 0.0975. The lowest BCUT2D eigenvalue weighted by Crippen LogP contribution is -2.52. The van der Waals surface area contributed by atoms with E-state index in [0.717, 1.165) is 51.4 Å². The van der Waals surface area contributed by atoms with Crippen molar-refractivity contribution in [3.05, 3.63) is 69.9 Å². The maximum absolute atomic E-state index is 12.1. The smallest absolute Gasteiger partial charge is 0.389 e. The average Bonchev–Trinajstić information content (AvgIpc) is 3.18. The van der Waals surface area contributed by atoms with Gasteiger partial charge in [0.25, 0.3) is 0 Å². The van der Waals surface area contributed by atoms with E-state index in [2.05, 4.69) is 94.8 Å². The van der Waals surface area contributed by atoms with Crippen molar-refractivity contribution in [1.29, 1.82) is 0 Å². The van der Waals surface area contributed by atoms with E-state index in [1.165, 1.54) is 57.0 Å². The summed E-state index contributed by atoms with van der Waals surface area (Å²) in [6.07, 6.45) is 14.9. The molecule has 3 atom stereocenters. The van der Waals surface area contributed by atoms with Crippen molar-refractivity contribution in [2.24, 2.45) is 0 Å². The summed E-state index contributed by atoms with van der Waals surface area (Å²) in [5, 5.41) is 34.1. The molecule has 6 N–H and O–H groups in total. The van der Waals surface area contributed by atoms with Crippen LogP contribution >= 0.6 is 23.5 Å². The summed E-state index contributed by atoms with van der Waals surface area (Å²) >= 11 is 2.72. The van der Waals surface area contributed by atoms with Crippen molar-refractivity contribution < 1.29 is 52.5 Å². The van der Waals surface area contributed by atoms with Crippen LogP contribution in [-0.4, -0.2) is 99.4 Å². The molecule has 356 valence electrons. The van der Waals surface area contributed by atoms with Gasteiger partial charge in [0.15, 0.2) is 0 Å². The van der Waals surface area contributed by atoms with Crippen LogP contribution in [0, 0.1) is 0 Å². The van der Waals surface area contributed by atoms with Crippen molar-refractivity contribution in [1.82, 2.24) is 16.0 Å². The van der Waals surface area contributed by atoms with Gasteiger partial charge in [-0.3, -0.25) is 14.4 Å². The standard InChI is InChI=1S/C22H34F3NO3S.C22H36N2O5S.C2H6/c1-16(2)7-5-8-17(3)9-6-10-18(4)12-14-30-15-19(21(28)29)26-20(27)11-13-22(23,24)25;1-16(2)7-5-8-17(3)9-6-10-18(4)11-12-30-14-20(22(28)29)24-21(27)19(13-25)23-15-26;1-2/h7,9,12,19H,5-6,8,10-11,13-15H2,1-4H3,(H,26,27)(H,28,29);7,9,11,15,19-20,25H,5-6,8,10,12-14H2,1-4H3,(H,23,26)(H,24,27)(H,28,29);1-2H3/b17-9+,18-12+;17-9+,18-11+;. The Bertz CT molecular complexity index is 1500. The van der Waals surface area contributed by atoms with E-state index in [1.54, 1.807) is 0 Å². The number of carbonyl (C=O) groups is 5. The molecule has 0 radical (unpaired) electrons. The Kier molecular flexibility index (Phi) is 39.2. The highest BCUT2D eigenvalue weighted by atomic mass is 32.2. The molecule has 0 aliphatic carbocycles. The normalized spacial score (nSPS) is 13.5. The van der Waals surface area contributed by atoms with E-state index in [-0.39, 0.29) is 11.5 Å². The highest BCUT2D eigenvalue weighted by Crippen LogP contribution is 2.21. The number of amides is 3. The first-order valence-corrected chi connectivity index (χ1v) is 23.4. The fourth-order valence-corrected chi connectivity index (χ4v) is 6.89. The first kappa shape index (κ1) is 62.5. The lowest BCUT2D eigenvalue weighted by molar-refractivity contribution is -0.146. The molecule has 0 aliphatic rings. The predicted molar refractivity (Wildman–Crippen MR) is 251 cm³/mol. The molecule has 0 aromatic rings. The van der Waals surface area contributed by atoms with Crippen molar-refractivity contribution in [2.75, 3.05) is 29.6 Å². The van der Waals surface area contributed by atoms with Crippen LogP contribution in [-0.2, 0) is 24.0 Å². The highest BCUT2D eigenvalue weighted by molar-refractivity contribution is 7.99. The van der Waals surface area contributed by atoms with E-state index in [9.17, 15) is 42.3 Å². The number of thioether (sulfide) groups is 2. The molecule has 3 unspecified atom stereocenters. The van der Waals surface area contributed by atoms with Gasteiger partial charge in [-0.05, 0) is 107 Å². The van der Waals surface area contributed by atoms with E-state index in [0.29, 0.717) is 17.9 Å². The van der Waals surface area contributed by atoms with Gasteiger partial charge >= 0.3 is 18.1 Å². The van der Waals surface area contributed by atoms with Gasteiger partial charge in [0, 0.05) is 29.4 Å². The van der Waals surface area contributed by atoms with Gasteiger partial charge in [0.2, 0.25) is 18.2 Å². The van der Waals surface area contributed by atoms with Crippen LogP contribution in [0.4, 0.5) is 13.2 Å². The summed E-state index contributed by atoms with van der Waals surface area (Å²) in [4.78, 5) is 56.4. The molecular weight excluding hydrogens is 844 g/mol. The number of hydrogen-bond acceptors (Lipinski definition) is 8. The number of carboxylic acid groups (broad SMARTS) is 2. The zero-order valence-electron chi connectivity index (χ0n) is 38.7. The topological polar surface area (TPSA) is 182 Å². The molecule has 0 fully saturated rings. The fraction of sp³-hybridized carbons (Fsp3) is 0.630. The van der Waals surface area contributed by atoms with E-state index in [4.69, 9.17) is 10.2 Å². The quantitative estimate of drug-likeness (QED) is 0.0231. The Morgan fingerprint density at radius 3 is 1.29 bits per heavy atom. The summed E-state index contributed by atoms with van der Waals surface area (Å²) in [5.74, 6) is -2.53. The molecule has 3 amide bonds. The molecule has 0 aliphatic heterocycles. The third kappa shape index (κ3) is 40.3. The van der Waals surface area contributed by atoms with Crippen molar-refractivity contribution >= 4 is 53.7 Å². The number of aliphatic hydroxyl groups excluding tert-OH is 1. The van der Waals surface area contributed by atoms with Crippen LogP contribution in [0.3, 0.4) is 0 Å². The molecule has 62 heavy (non-hydrogen) atoms. The molecule has 0 saturated heterocycles. The van der Waals surface area contributed by atoms with Gasteiger partial charge < -0.3 is 31.3 Å². The third-order valence-corrected chi connectivity index (χ3v) is 10.5. The first-order valence-electron chi connectivity index (χ1n) is 21.1. The van der Waals surface area contributed by atoms with Crippen LogP contribution in [0.25, 0.3) is 0 Å². The molecular formula is C46H76F3N3O8S2. The van der Waals surface area contributed by atoms with Crippen molar-refractivity contribution in [2.45, 2.75) is 158 Å². The van der Waals surface area contributed by atoms with Crippen LogP contribution in [0.2, 0.25) is 0 Å². The maximum Gasteiger partial charge on any atom is 0.389 e. The number of carbonyl (C=O) groups excluding carboxylic acids is 3. The Labute approximate surface area is 378 Å². The molecule has 0 aromatic heterocycles. The second-order valence-electron chi connectivity index (χ2n) is 15.0. The largest absolute Gasteiger partial charge is 0.480 e. The summed E-state index contributed by atoms with van der Waals surface area (Å²) in [7, 11) is 0. The lowest BCUT2D eigenvalue weighted by Gasteiger charge is -2.18.